The lowest BCUT2D eigenvalue weighted by Crippen LogP contribution is -2.47. The number of para-hydroxylation sites is 1. The molecule has 13 heteroatoms. The third-order valence-corrected chi connectivity index (χ3v) is 7.86. The molecule has 5 N–H and O–H groups in total. The van der Waals surface area contributed by atoms with Crippen molar-refractivity contribution in [3.8, 4) is 0 Å². The van der Waals surface area contributed by atoms with Gasteiger partial charge in [-0.15, -0.1) is 0 Å². The molecular weight excluding hydrogens is 500 g/mol. The van der Waals surface area contributed by atoms with E-state index in [9.17, 15) is 22.8 Å². The van der Waals surface area contributed by atoms with E-state index in [1.807, 2.05) is 0 Å². The highest BCUT2D eigenvalue weighted by Gasteiger charge is 2.29. The van der Waals surface area contributed by atoms with Gasteiger partial charge in [-0.3, -0.25) is 14.6 Å². The Morgan fingerprint density at radius 2 is 1.92 bits per heavy atom. The molecule has 2 heterocycles. The first-order valence-electron chi connectivity index (χ1n) is 12.0. The summed E-state index contributed by atoms with van der Waals surface area (Å²) in [6.07, 6.45) is 0.958. The number of carbonyl (C=O) groups is 2. The summed E-state index contributed by atoms with van der Waals surface area (Å²) in [5, 5.41) is 5.22. The van der Waals surface area contributed by atoms with Crippen molar-refractivity contribution in [2.75, 3.05) is 23.7 Å². The Hall–Kier alpha value is -3.61. The number of sulfone groups is 1. The highest BCUT2D eigenvalue weighted by atomic mass is 32.2. The fourth-order valence-electron chi connectivity index (χ4n) is 3.84. The van der Waals surface area contributed by atoms with E-state index in [0.717, 1.165) is 0 Å². The molecule has 202 valence electrons. The Kier molecular flexibility index (Phi) is 8.16. The molecule has 1 atom stereocenters. The van der Waals surface area contributed by atoms with E-state index >= 15 is 0 Å². The van der Waals surface area contributed by atoms with Gasteiger partial charge in [-0.25, -0.2) is 13.2 Å². The van der Waals surface area contributed by atoms with Crippen LogP contribution < -0.4 is 21.9 Å². The molecule has 0 spiro atoms. The summed E-state index contributed by atoms with van der Waals surface area (Å²) in [5.41, 5.74) is 3.72. The normalized spacial score (nSPS) is 16.4. The molecule has 1 aromatic heterocycles. The lowest BCUT2D eigenvalue weighted by Gasteiger charge is -2.34. The quantitative estimate of drug-likeness (QED) is 0.416. The smallest absolute Gasteiger partial charge is 0.410 e. The third kappa shape index (κ3) is 6.79. The van der Waals surface area contributed by atoms with Crippen LogP contribution in [0.4, 0.5) is 22.2 Å². The average Bonchev–Trinajstić information content (AvgIpc) is 2.77. The van der Waals surface area contributed by atoms with Gasteiger partial charge in [0, 0.05) is 19.1 Å². The zero-order chi connectivity index (χ0) is 27.5. The summed E-state index contributed by atoms with van der Waals surface area (Å²) in [5.74, 6) is -1.18. The largest absolute Gasteiger partial charge is 0.444 e. The fraction of sp³-hybridized carbons (Fsp3) is 0.500. The maximum Gasteiger partial charge on any atom is 0.410 e. The summed E-state index contributed by atoms with van der Waals surface area (Å²) >= 11 is 0. The van der Waals surface area contributed by atoms with Gasteiger partial charge < -0.3 is 26.0 Å². The van der Waals surface area contributed by atoms with Gasteiger partial charge in [-0.1, -0.05) is 12.1 Å². The molecule has 37 heavy (non-hydrogen) atoms. The zero-order valence-electron chi connectivity index (χ0n) is 21.6. The molecule has 2 aromatic rings. The maximum atomic E-state index is 12.9. The van der Waals surface area contributed by atoms with Crippen LogP contribution in [0.15, 0.2) is 34.0 Å². The number of amides is 2. The summed E-state index contributed by atoms with van der Waals surface area (Å²) < 4.78 is 31.2. The van der Waals surface area contributed by atoms with Gasteiger partial charge in [0.05, 0.1) is 15.8 Å². The molecule has 2 amide bonds. The van der Waals surface area contributed by atoms with Crippen molar-refractivity contribution in [3.63, 3.8) is 0 Å². The molecule has 1 aliphatic heterocycles. The van der Waals surface area contributed by atoms with Crippen molar-refractivity contribution in [2.24, 2.45) is 5.73 Å². The first-order chi connectivity index (χ1) is 17.2. The number of rotatable bonds is 7. The molecular formula is C24H34N6O6S. The summed E-state index contributed by atoms with van der Waals surface area (Å²) in [6, 6.07) is 5.88. The minimum absolute atomic E-state index is 0.00251. The van der Waals surface area contributed by atoms with Gasteiger partial charge in [0.15, 0.2) is 15.7 Å². The molecule has 12 nitrogen and oxygen atoms in total. The van der Waals surface area contributed by atoms with Crippen LogP contribution in [0.1, 0.15) is 57.8 Å². The number of ether oxygens (including phenoxy) is 1. The molecule has 0 radical (unpaired) electrons. The number of benzene rings is 1. The topological polar surface area (TPSA) is 177 Å². The molecule has 0 bridgehead atoms. The maximum absolute atomic E-state index is 12.9. The number of likely N-dealkylation sites (tertiary alicyclic amines) is 1. The Bertz CT molecular complexity index is 1330. The van der Waals surface area contributed by atoms with Gasteiger partial charge in [0.2, 0.25) is 5.95 Å². The minimum atomic E-state index is -3.69. The Balaban J connectivity index is 1.91. The first-order valence-corrected chi connectivity index (χ1v) is 13.5. The average molecular weight is 535 g/mol. The summed E-state index contributed by atoms with van der Waals surface area (Å²) in [6.45, 7) is 9.33. The number of H-pyrrole nitrogens is 1. The second-order valence-corrected chi connectivity index (χ2v) is 12.6. The zero-order valence-corrected chi connectivity index (χ0v) is 22.4. The van der Waals surface area contributed by atoms with E-state index in [-0.39, 0.29) is 28.4 Å². The number of piperidine rings is 1. The Morgan fingerprint density at radius 1 is 1.24 bits per heavy atom. The van der Waals surface area contributed by atoms with Crippen molar-refractivity contribution >= 4 is 39.3 Å². The number of nitrogens with zero attached hydrogens (tertiary/aromatic N) is 2. The number of carbonyl (C=O) groups excluding carboxylic acids is 2. The molecule has 1 aromatic carbocycles. The van der Waals surface area contributed by atoms with E-state index in [1.165, 1.54) is 12.1 Å². The van der Waals surface area contributed by atoms with Gasteiger partial charge in [0.25, 0.3) is 11.5 Å². The molecule has 1 unspecified atom stereocenters. The molecule has 0 aliphatic carbocycles. The number of hydrogen-bond acceptors (Lipinski definition) is 9. The van der Waals surface area contributed by atoms with Crippen LogP contribution in [-0.4, -0.2) is 65.3 Å². The van der Waals surface area contributed by atoms with Crippen molar-refractivity contribution < 1.29 is 22.7 Å². The van der Waals surface area contributed by atoms with Gasteiger partial charge in [-0.05, 0) is 59.6 Å². The first kappa shape index (κ1) is 28.0. The van der Waals surface area contributed by atoms with Crippen LogP contribution >= 0.6 is 0 Å². The van der Waals surface area contributed by atoms with Gasteiger partial charge >= 0.3 is 6.09 Å². The van der Waals surface area contributed by atoms with E-state index in [0.29, 0.717) is 25.9 Å². The van der Waals surface area contributed by atoms with Crippen LogP contribution in [-0.2, 0) is 14.6 Å². The highest BCUT2D eigenvalue weighted by Crippen LogP contribution is 2.28. The van der Waals surface area contributed by atoms with Gasteiger partial charge in [0.1, 0.15) is 11.2 Å². The number of aromatic amines is 1. The standard InChI is InChI=1S/C24H34N6O6S/c1-14(2)37(34,35)17-11-7-6-10-16(17)27-20-18(19(25)31)21(32)29-22(28-20)26-15-9-8-12-30(13-15)23(33)36-24(3,4)5/h6-7,10-11,14-15H,8-9,12-13H2,1-5H3,(H2,25,31)(H3,26,27,28,29,32). The number of primary amides is 1. The number of nitrogens with two attached hydrogens (primary N) is 1. The van der Waals surface area contributed by atoms with E-state index < -0.39 is 43.8 Å². The Labute approximate surface area is 215 Å². The molecule has 1 aliphatic rings. The van der Waals surface area contributed by atoms with E-state index in [1.54, 1.807) is 51.7 Å². The van der Waals surface area contributed by atoms with E-state index in [2.05, 4.69) is 20.6 Å². The Morgan fingerprint density at radius 3 is 2.54 bits per heavy atom. The van der Waals surface area contributed by atoms with Crippen LogP contribution in [0.25, 0.3) is 0 Å². The van der Waals surface area contributed by atoms with Crippen LogP contribution in [0.3, 0.4) is 0 Å². The van der Waals surface area contributed by atoms with Crippen molar-refractivity contribution in [1.82, 2.24) is 14.9 Å². The molecule has 1 saturated heterocycles. The lowest BCUT2D eigenvalue weighted by molar-refractivity contribution is 0.0206. The molecule has 1 fully saturated rings. The van der Waals surface area contributed by atoms with Crippen molar-refractivity contribution in [1.29, 1.82) is 0 Å². The predicted octanol–water partition coefficient (Wildman–Crippen LogP) is 2.61. The second-order valence-electron chi connectivity index (χ2n) is 10.1. The van der Waals surface area contributed by atoms with E-state index in [4.69, 9.17) is 10.5 Å². The SMILES string of the molecule is CC(C)S(=O)(=O)c1ccccc1Nc1nc(NC2CCCN(C(=O)OC(C)(C)C)C2)[nH]c(=O)c1C(N)=O. The van der Waals surface area contributed by atoms with Gasteiger partial charge in [-0.2, -0.15) is 4.98 Å². The third-order valence-electron chi connectivity index (χ3n) is 5.65. The van der Waals surface area contributed by atoms with Crippen molar-refractivity contribution in [2.45, 2.75) is 69.2 Å². The summed E-state index contributed by atoms with van der Waals surface area (Å²) in [7, 11) is -3.69. The number of nitrogens with one attached hydrogen (secondary N) is 3. The fourth-order valence-corrected chi connectivity index (χ4v) is 5.04. The lowest BCUT2D eigenvalue weighted by atomic mass is 10.1. The highest BCUT2D eigenvalue weighted by molar-refractivity contribution is 7.92. The van der Waals surface area contributed by atoms with Crippen LogP contribution in [0.5, 0.6) is 0 Å². The summed E-state index contributed by atoms with van der Waals surface area (Å²) in [4.78, 5) is 45.8. The second kappa shape index (κ2) is 10.8. The molecule has 0 saturated carbocycles. The monoisotopic (exact) mass is 534 g/mol. The number of hydrogen-bond donors (Lipinski definition) is 4. The molecule has 3 rings (SSSR count). The number of anilines is 3. The van der Waals surface area contributed by atoms with Crippen molar-refractivity contribution in [3.05, 3.63) is 40.2 Å². The number of aromatic nitrogens is 2. The predicted molar refractivity (Wildman–Crippen MR) is 140 cm³/mol. The minimum Gasteiger partial charge on any atom is -0.444 e. The van der Waals surface area contributed by atoms with Crippen LogP contribution in [0.2, 0.25) is 0 Å². The van der Waals surface area contributed by atoms with Crippen LogP contribution in [0, 0.1) is 0 Å².